The average Bonchev–Trinajstić information content (AvgIpc) is 3.38. The number of hydrogen-bond donors (Lipinski definition) is 3. The minimum atomic E-state index is -0.722. The van der Waals surface area contributed by atoms with Crippen molar-refractivity contribution in [1.29, 1.82) is 0 Å². The van der Waals surface area contributed by atoms with Crippen LogP contribution in [-0.4, -0.2) is 50.8 Å². The van der Waals surface area contributed by atoms with E-state index in [0.29, 0.717) is 18.4 Å². The van der Waals surface area contributed by atoms with Crippen molar-refractivity contribution >= 4 is 17.7 Å². The molecule has 0 bridgehead atoms. The van der Waals surface area contributed by atoms with Gasteiger partial charge in [-0.2, -0.15) is 4.98 Å². The Balaban J connectivity index is 1.49. The fourth-order valence-corrected chi connectivity index (χ4v) is 5.68. The molecule has 1 aromatic rings. The highest BCUT2D eigenvalue weighted by Crippen LogP contribution is 2.46. The number of fused-ring (bicyclic) bond motifs is 1. The predicted octanol–water partition coefficient (Wildman–Crippen LogP) is 1.76. The molecule has 3 atom stereocenters. The van der Waals surface area contributed by atoms with Gasteiger partial charge in [0.25, 0.3) is 0 Å². The number of carbonyl (C=O) groups excluding carboxylic acids is 1. The molecule has 0 aromatic carbocycles. The van der Waals surface area contributed by atoms with Crippen molar-refractivity contribution in [1.82, 2.24) is 15.3 Å². The van der Waals surface area contributed by atoms with Gasteiger partial charge in [0.05, 0.1) is 11.6 Å². The molecule has 1 spiro atoms. The number of amides is 1. The van der Waals surface area contributed by atoms with Crippen LogP contribution in [0, 0.1) is 0 Å². The molecule has 27 heavy (non-hydrogen) atoms. The van der Waals surface area contributed by atoms with Crippen molar-refractivity contribution in [2.75, 3.05) is 16.8 Å². The number of hydrogen-bond acceptors (Lipinski definition) is 6. The fourth-order valence-electron chi connectivity index (χ4n) is 5.68. The third kappa shape index (κ3) is 2.62. The normalized spacial score (nSPS) is 35.9. The minimum Gasteiger partial charge on any atom is -0.388 e. The molecule has 146 valence electrons. The van der Waals surface area contributed by atoms with E-state index < -0.39 is 11.1 Å². The first-order valence-corrected chi connectivity index (χ1v) is 10.4. The van der Waals surface area contributed by atoms with Crippen molar-refractivity contribution < 1.29 is 9.90 Å². The molecule has 2 aliphatic heterocycles. The van der Waals surface area contributed by atoms with E-state index in [-0.39, 0.29) is 11.9 Å². The zero-order valence-electron chi connectivity index (χ0n) is 16.0. The van der Waals surface area contributed by atoms with Gasteiger partial charge in [-0.3, -0.25) is 4.79 Å². The molecule has 1 saturated heterocycles. The van der Waals surface area contributed by atoms with E-state index in [0.717, 1.165) is 56.5 Å². The molecule has 3 N–H and O–H groups in total. The molecule has 7 nitrogen and oxygen atoms in total. The van der Waals surface area contributed by atoms with E-state index in [1.54, 1.807) is 0 Å². The molecule has 7 heteroatoms. The van der Waals surface area contributed by atoms with Gasteiger partial charge in [-0.15, -0.1) is 0 Å². The number of rotatable bonds is 3. The molecule has 0 radical (unpaired) electrons. The lowest BCUT2D eigenvalue weighted by molar-refractivity contribution is -0.123. The summed E-state index contributed by atoms with van der Waals surface area (Å²) < 4.78 is 0. The standard InChI is InChI=1S/C20H29N5O2/c1-19(27)8-4-7-15(19)23-18-22-12-13-11-20(9-10-21-17(20)26)25(16(13)24-18)14-5-2-3-6-14/h12,14-15,27H,2-11H2,1H3,(H,21,26)(H,22,23,24)/t15?,19-,20?/m0/s1. The SMILES string of the molecule is C[C@]1(O)CCCC1Nc1ncc2c(n1)N(C1CCCC1)C1(CCNC1=O)C2. The lowest BCUT2D eigenvalue weighted by Gasteiger charge is -2.38. The van der Waals surface area contributed by atoms with E-state index in [4.69, 9.17) is 4.98 Å². The highest BCUT2D eigenvalue weighted by molar-refractivity contribution is 5.94. The van der Waals surface area contributed by atoms with Gasteiger partial charge in [0.2, 0.25) is 11.9 Å². The van der Waals surface area contributed by atoms with Crippen molar-refractivity contribution in [2.45, 2.75) is 87.9 Å². The molecule has 1 amide bonds. The molecule has 1 aromatic heterocycles. The van der Waals surface area contributed by atoms with Crippen LogP contribution in [0.3, 0.4) is 0 Å². The van der Waals surface area contributed by atoms with Gasteiger partial charge in [0, 0.05) is 30.8 Å². The predicted molar refractivity (Wildman–Crippen MR) is 103 cm³/mol. The Bertz CT molecular complexity index is 761. The number of nitrogens with zero attached hydrogens (tertiary/aromatic N) is 3. The lowest BCUT2D eigenvalue weighted by Crippen LogP contribution is -2.56. The number of anilines is 2. The summed E-state index contributed by atoms with van der Waals surface area (Å²) in [6, 6.07) is 0.355. The maximum atomic E-state index is 12.8. The molecule has 2 saturated carbocycles. The highest BCUT2D eigenvalue weighted by atomic mass is 16.3. The van der Waals surface area contributed by atoms with Crippen LogP contribution in [0.2, 0.25) is 0 Å². The number of aliphatic hydroxyl groups is 1. The summed E-state index contributed by atoms with van der Waals surface area (Å²) in [7, 11) is 0. The summed E-state index contributed by atoms with van der Waals surface area (Å²) in [6.07, 6.45) is 10.8. The highest BCUT2D eigenvalue weighted by Gasteiger charge is 2.55. The fraction of sp³-hybridized carbons (Fsp3) is 0.750. The second kappa shape index (κ2) is 6.06. The summed E-state index contributed by atoms with van der Waals surface area (Å²) in [5.41, 5.74) is -0.133. The molecular formula is C20H29N5O2. The van der Waals surface area contributed by atoms with Crippen LogP contribution in [0.15, 0.2) is 6.20 Å². The third-order valence-electron chi connectivity index (χ3n) is 7.18. The largest absolute Gasteiger partial charge is 0.388 e. The topological polar surface area (TPSA) is 90.4 Å². The summed E-state index contributed by atoms with van der Waals surface area (Å²) in [6.45, 7) is 2.62. The Morgan fingerprint density at radius 3 is 2.74 bits per heavy atom. The number of carbonyl (C=O) groups is 1. The van der Waals surface area contributed by atoms with E-state index in [9.17, 15) is 9.90 Å². The Morgan fingerprint density at radius 1 is 1.26 bits per heavy atom. The minimum absolute atomic E-state index is 0.0272. The van der Waals surface area contributed by atoms with Gasteiger partial charge in [-0.25, -0.2) is 4.98 Å². The van der Waals surface area contributed by atoms with E-state index >= 15 is 0 Å². The first kappa shape index (κ1) is 17.2. The van der Waals surface area contributed by atoms with Crippen LogP contribution in [-0.2, 0) is 11.2 Å². The van der Waals surface area contributed by atoms with Gasteiger partial charge >= 0.3 is 0 Å². The van der Waals surface area contributed by atoms with Gasteiger partial charge in [-0.05, 0) is 45.4 Å². The maximum absolute atomic E-state index is 12.8. The van der Waals surface area contributed by atoms with Crippen molar-refractivity contribution in [3.8, 4) is 0 Å². The Hall–Kier alpha value is -1.89. The summed E-state index contributed by atoms with van der Waals surface area (Å²) >= 11 is 0. The van der Waals surface area contributed by atoms with Crippen molar-refractivity contribution in [3.05, 3.63) is 11.8 Å². The third-order valence-corrected chi connectivity index (χ3v) is 7.18. The average molecular weight is 371 g/mol. The second-order valence-electron chi connectivity index (χ2n) is 9.01. The number of aromatic nitrogens is 2. The molecule has 4 aliphatic rings. The zero-order valence-corrected chi connectivity index (χ0v) is 16.0. The molecule has 2 unspecified atom stereocenters. The Labute approximate surface area is 160 Å². The van der Waals surface area contributed by atoms with E-state index in [1.807, 2.05) is 13.1 Å². The van der Waals surface area contributed by atoms with Crippen molar-refractivity contribution in [2.24, 2.45) is 0 Å². The van der Waals surface area contributed by atoms with Gasteiger partial charge in [0.15, 0.2) is 0 Å². The van der Waals surface area contributed by atoms with Crippen LogP contribution in [0.1, 0.15) is 63.9 Å². The summed E-state index contributed by atoms with van der Waals surface area (Å²) in [5, 5.41) is 17.0. The van der Waals surface area contributed by atoms with Gasteiger partial charge < -0.3 is 20.6 Å². The Morgan fingerprint density at radius 2 is 2.07 bits per heavy atom. The zero-order chi connectivity index (χ0) is 18.6. The number of nitrogens with one attached hydrogen (secondary N) is 2. The molecule has 3 fully saturated rings. The van der Waals surface area contributed by atoms with Crippen molar-refractivity contribution in [3.63, 3.8) is 0 Å². The summed E-state index contributed by atoms with van der Waals surface area (Å²) in [5.74, 6) is 1.63. The van der Waals surface area contributed by atoms with E-state index in [2.05, 4.69) is 20.5 Å². The van der Waals surface area contributed by atoms with Crippen LogP contribution in [0.5, 0.6) is 0 Å². The van der Waals surface area contributed by atoms with Crippen LogP contribution in [0.25, 0.3) is 0 Å². The van der Waals surface area contributed by atoms with E-state index in [1.165, 1.54) is 12.8 Å². The second-order valence-corrected chi connectivity index (χ2v) is 9.01. The summed E-state index contributed by atoms with van der Waals surface area (Å²) in [4.78, 5) is 24.6. The molecule has 5 rings (SSSR count). The lowest BCUT2D eigenvalue weighted by atomic mass is 9.91. The molecular weight excluding hydrogens is 342 g/mol. The first-order chi connectivity index (χ1) is 13.0. The van der Waals surface area contributed by atoms with Crippen LogP contribution in [0.4, 0.5) is 11.8 Å². The van der Waals surface area contributed by atoms with Crippen LogP contribution < -0.4 is 15.5 Å². The molecule has 2 aliphatic carbocycles. The maximum Gasteiger partial charge on any atom is 0.246 e. The smallest absolute Gasteiger partial charge is 0.246 e. The van der Waals surface area contributed by atoms with Gasteiger partial charge in [0.1, 0.15) is 11.4 Å². The van der Waals surface area contributed by atoms with Gasteiger partial charge in [-0.1, -0.05) is 12.8 Å². The molecule has 3 heterocycles. The van der Waals surface area contributed by atoms with Crippen LogP contribution >= 0.6 is 0 Å². The monoisotopic (exact) mass is 371 g/mol. The Kier molecular flexibility index (Phi) is 3.86. The first-order valence-electron chi connectivity index (χ1n) is 10.4. The quantitative estimate of drug-likeness (QED) is 0.750.